The van der Waals surface area contributed by atoms with Gasteiger partial charge in [0.15, 0.2) is 0 Å². The predicted octanol–water partition coefficient (Wildman–Crippen LogP) is 3.78. The SMILES string of the molecule is CSc1ncccc1C(=O)Nc1cc(-c2nnc(C)o2)sc1C. The summed E-state index contributed by atoms with van der Waals surface area (Å²) in [6, 6.07) is 5.36. The largest absolute Gasteiger partial charge is 0.420 e. The predicted molar refractivity (Wildman–Crippen MR) is 91.1 cm³/mol. The highest BCUT2D eigenvalue weighted by Gasteiger charge is 2.16. The van der Waals surface area contributed by atoms with E-state index in [0.717, 1.165) is 15.4 Å². The van der Waals surface area contributed by atoms with Crippen LogP contribution in [0.5, 0.6) is 0 Å². The number of thioether (sulfide) groups is 1. The van der Waals surface area contributed by atoms with Gasteiger partial charge in [-0.3, -0.25) is 4.79 Å². The number of rotatable bonds is 4. The van der Waals surface area contributed by atoms with E-state index in [4.69, 9.17) is 4.42 Å². The molecule has 3 heterocycles. The third-order valence-electron chi connectivity index (χ3n) is 3.11. The van der Waals surface area contributed by atoms with Crippen LogP contribution in [0.25, 0.3) is 10.8 Å². The highest BCUT2D eigenvalue weighted by molar-refractivity contribution is 7.98. The summed E-state index contributed by atoms with van der Waals surface area (Å²) in [7, 11) is 0. The number of nitrogens with zero attached hydrogens (tertiary/aromatic N) is 3. The molecule has 3 rings (SSSR count). The summed E-state index contributed by atoms with van der Waals surface area (Å²) >= 11 is 2.94. The fourth-order valence-electron chi connectivity index (χ4n) is 2.02. The molecule has 0 unspecified atom stereocenters. The van der Waals surface area contributed by atoms with E-state index in [1.165, 1.54) is 23.1 Å². The van der Waals surface area contributed by atoms with E-state index in [-0.39, 0.29) is 5.91 Å². The zero-order valence-electron chi connectivity index (χ0n) is 12.8. The van der Waals surface area contributed by atoms with Gasteiger partial charge in [0.25, 0.3) is 11.8 Å². The molecule has 0 fully saturated rings. The number of aromatic nitrogens is 3. The fraction of sp³-hybridized carbons (Fsp3) is 0.200. The first-order valence-corrected chi connectivity index (χ1v) is 8.84. The summed E-state index contributed by atoms with van der Waals surface area (Å²) in [6.07, 6.45) is 3.57. The minimum absolute atomic E-state index is 0.184. The zero-order valence-corrected chi connectivity index (χ0v) is 14.4. The molecule has 23 heavy (non-hydrogen) atoms. The maximum Gasteiger partial charge on any atom is 0.258 e. The summed E-state index contributed by atoms with van der Waals surface area (Å²) in [6.45, 7) is 3.68. The topological polar surface area (TPSA) is 80.9 Å². The molecule has 3 aromatic rings. The molecule has 0 aliphatic rings. The number of thiophene rings is 1. The Balaban J connectivity index is 1.86. The van der Waals surface area contributed by atoms with Crippen LogP contribution in [0.4, 0.5) is 5.69 Å². The van der Waals surface area contributed by atoms with Crippen LogP contribution >= 0.6 is 23.1 Å². The molecule has 0 atom stereocenters. The number of carbonyl (C=O) groups excluding carboxylic acids is 1. The molecule has 1 N–H and O–H groups in total. The Bertz CT molecular complexity index is 857. The van der Waals surface area contributed by atoms with Crippen molar-refractivity contribution in [3.63, 3.8) is 0 Å². The minimum atomic E-state index is -0.184. The number of amides is 1. The van der Waals surface area contributed by atoms with Crippen LogP contribution in [-0.2, 0) is 0 Å². The first-order valence-electron chi connectivity index (χ1n) is 6.79. The molecule has 0 bridgehead atoms. The van der Waals surface area contributed by atoms with Crippen molar-refractivity contribution in [2.75, 3.05) is 11.6 Å². The molecule has 0 aromatic carbocycles. The van der Waals surface area contributed by atoms with Gasteiger partial charge in [0.1, 0.15) is 5.03 Å². The highest BCUT2D eigenvalue weighted by atomic mass is 32.2. The Labute approximate surface area is 141 Å². The number of hydrogen-bond donors (Lipinski definition) is 1. The molecule has 3 aromatic heterocycles. The van der Waals surface area contributed by atoms with Gasteiger partial charge in [-0.1, -0.05) is 0 Å². The second-order valence-electron chi connectivity index (χ2n) is 4.72. The molecule has 0 radical (unpaired) electrons. The molecule has 0 aliphatic carbocycles. The zero-order chi connectivity index (χ0) is 16.4. The Morgan fingerprint density at radius 3 is 2.87 bits per heavy atom. The van der Waals surface area contributed by atoms with Crippen molar-refractivity contribution in [3.8, 4) is 10.8 Å². The molecular weight excluding hydrogens is 332 g/mol. The lowest BCUT2D eigenvalue weighted by molar-refractivity contribution is 0.102. The third kappa shape index (κ3) is 3.27. The van der Waals surface area contributed by atoms with Gasteiger partial charge >= 0.3 is 0 Å². The van der Waals surface area contributed by atoms with Crippen LogP contribution in [-0.4, -0.2) is 27.3 Å². The van der Waals surface area contributed by atoms with Crippen molar-refractivity contribution < 1.29 is 9.21 Å². The maximum absolute atomic E-state index is 12.5. The number of hydrogen-bond acceptors (Lipinski definition) is 7. The van der Waals surface area contributed by atoms with E-state index in [9.17, 15) is 4.79 Å². The highest BCUT2D eigenvalue weighted by Crippen LogP contribution is 2.34. The standard InChI is InChI=1S/C15H14N4O2S2/c1-8-11(7-12(23-8)14-19-18-9(2)21-14)17-13(20)10-5-4-6-16-15(10)22-3/h4-7H,1-3H3,(H,17,20). The molecule has 0 aliphatic heterocycles. The van der Waals surface area contributed by atoms with Gasteiger partial charge < -0.3 is 9.73 Å². The summed E-state index contributed by atoms with van der Waals surface area (Å²) in [4.78, 5) is 18.5. The van der Waals surface area contributed by atoms with E-state index in [1.807, 2.05) is 19.2 Å². The average molecular weight is 346 g/mol. The summed E-state index contributed by atoms with van der Waals surface area (Å²) in [5.74, 6) is 0.788. The van der Waals surface area contributed by atoms with Crippen molar-refractivity contribution in [2.24, 2.45) is 0 Å². The normalized spacial score (nSPS) is 10.7. The van der Waals surface area contributed by atoms with Crippen LogP contribution < -0.4 is 5.32 Å². The van der Waals surface area contributed by atoms with Gasteiger partial charge in [-0.05, 0) is 31.4 Å². The lowest BCUT2D eigenvalue weighted by Crippen LogP contribution is -2.13. The summed E-state index contributed by atoms with van der Waals surface area (Å²) in [5, 5.41) is 11.5. The molecule has 0 spiro atoms. The van der Waals surface area contributed by atoms with Crippen molar-refractivity contribution in [1.29, 1.82) is 0 Å². The second-order valence-corrected chi connectivity index (χ2v) is 6.77. The van der Waals surface area contributed by atoms with Crippen molar-refractivity contribution in [3.05, 3.63) is 40.7 Å². The summed E-state index contributed by atoms with van der Waals surface area (Å²) < 4.78 is 5.43. The van der Waals surface area contributed by atoms with Crippen molar-refractivity contribution in [1.82, 2.24) is 15.2 Å². The smallest absolute Gasteiger partial charge is 0.258 e. The van der Waals surface area contributed by atoms with E-state index >= 15 is 0 Å². The van der Waals surface area contributed by atoms with Gasteiger partial charge in [-0.2, -0.15) is 0 Å². The van der Waals surface area contributed by atoms with E-state index < -0.39 is 0 Å². The van der Waals surface area contributed by atoms with Crippen LogP contribution in [0.15, 0.2) is 33.8 Å². The van der Waals surface area contributed by atoms with Crippen LogP contribution in [0, 0.1) is 13.8 Å². The Morgan fingerprint density at radius 1 is 1.35 bits per heavy atom. The number of nitrogens with one attached hydrogen (secondary N) is 1. The molecule has 8 heteroatoms. The van der Waals surface area contributed by atoms with Crippen molar-refractivity contribution in [2.45, 2.75) is 18.9 Å². The van der Waals surface area contributed by atoms with Gasteiger partial charge in [-0.15, -0.1) is 33.3 Å². The summed E-state index contributed by atoms with van der Waals surface area (Å²) in [5.41, 5.74) is 1.29. The minimum Gasteiger partial charge on any atom is -0.420 e. The lowest BCUT2D eigenvalue weighted by Gasteiger charge is -2.07. The van der Waals surface area contributed by atoms with Crippen LogP contribution in [0.2, 0.25) is 0 Å². The Hall–Kier alpha value is -2.19. The Morgan fingerprint density at radius 2 is 2.17 bits per heavy atom. The lowest BCUT2D eigenvalue weighted by atomic mass is 10.2. The number of pyridine rings is 1. The number of anilines is 1. The first-order chi connectivity index (χ1) is 11.1. The number of aryl methyl sites for hydroxylation is 2. The molecular formula is C15H14N4O2S2. The van der Waals surface area contributed by atoms with Gasteiger partial charge in [0, 0.05) is 18.0 Å². The molecule has 0 saturated carbocycles. The molecule has 0 saturated heterocycles. The van der Waals surface area contributed by atoms with Crippen LogP contribution in [0.3, 0.4) is 0 Å². The third-order valence-corrected chi connectivity index (χ3v) is 4.86. The fourth-order valence-corrected chi connectivity index (χ4v) is 3.47. The molecule has 6 nitrogen and oxygen atoms in total. The van der Waals surface area contributed by atoms with Crippen LogP contribution in [0.1, 0.15) is 21.1 Å². The van der Waals surface area contributed by atoms with E-state index in [2.05, 4.69) is 20.5 Å². The first kappa shape index (κ1) is 15.7. The molecule has 118 valence electrons. The Kier molecular flexibility index (Phi) is 4.44. The van der Waals surface area contributed by atoms with Gasteiger partial charge in [0.2, 0.25) is 5.89 Å². The molecule has 1 amide bonds. The van der Waals surface area contributed by atoms with Gasteiger partial charge in [0.05, 0.1) is 16.1 Å². The maximum atomic E-state index is 12.5. The number of carbonyl (C=O) groups is 1. The quantitative estimate of drug-likeness (QED) is 0.724. The van der Waals surface area contributed by atoms with Gasteiger partial charge in [-0.25, -0.2) is 4.98 Å². The monoisotopic (exact) mass is 346 g/mol. The second kappa shape index (κ2) is 6.51. The van der Waals surface area contributed by atoms with Crippen molar-refractivity contribution >= 4 is 34.7 Å². The van der Waals surface area contributed by atoms with E-state index in [1.54, 1.807) is 25.3 Å². The average Bonchev–Trinajstić information content (AvgIpc) is 3.13. The van der Waals surface area contributed by atoms with E-state index in [0.29, 0.717) is 22.4 Å².